The van der Waals surface area contributed by atoms with Gasteiger partial charge in [0.1, 0.15) is 5.75 Å². The third-order valence-electron chi connectivity index (χ3n) is 4.85. The number of ether oxygens (including phenoxy) is 1. The average Bonchev–Trinajstić information content (AvgIpc) is 3.03. The van der Waals surface area contributed by atoms with E-state index in [1.54, 1.807) is 10.8 Å². The Kier molecular flexibility index (Phi) is 3.87. The summed E-state index contributed by atoms with van der Waals surface area (Å²) in [6, 6.07) is 10.4. The Morgan fingerprint density at radius 3 is 3.09 bits per heavy atom. The van der Waals surface area contributed by atoms with E-state index >= 15 is 0 Å². The second-order valence-corrected chi connectivity index (χ2v) is 6.50. The molecule has 1 aromatic heterocycles. The van der Waals surface area contributed by atoms with Crippen molar-refractivity contribution in [3.8, 4) is 5.75 Å². The van der Waals surface area contributed by atoms with Gasteiger partial charge in [0.15, 0.2) is 0 Å². The molecule has 0 spiro atoms. The van der Waals surface area contributed by atoms with Crippen LogP contribution in [0, 0.1) is 5.92 Å². The second kappa shape index (κ2) is 6.16. The summed E-state index contributed by atoms with van der Waals surface area (Å²) in [5.74, 6) is 1.55. The van der Waals surface area contributed by atoms with Crippen LogP contribution < -0.4 is 10.4 Å². The highest BCUT2D eigenvalue weighted by Gasteiger charge is 2.28. The zero-order valence-corrected chi connectivity index (χ0v) is 13.1. The first-order chi connectivity index (χ1) is 11.3. The van der Waals surface area contributed by atoms with Crippen molar-refractivity contribution >= 4 is 0 Å². The molecular weight excluding hydrogens is 290 g/mol. The van der Waals surface area contributed by atoms with E-state index in [2.05, 4.69) is 22.0 Å². The van der Waals surface area contributed by atoms with Crippen LogP contribution in [0.3, 0.4) is 0 Å². The van der Waals surface area contributed by atoms with E-state index in [4.69, 9.17) is 4.74 Å². The number of hydrogen-bond donors (Lipinski definition) is 0. The predicted molar refractivity (Wildman–Crippen MR) is 87.7 cm³/mol. The number of likely N-dealkylation sites (tertiary alicyclic amines) is 1. The van der Waals surface area contributed by atoms with Crippen LogP contribution in [0.25, 0.3) is 0 Å². The smallest absolute Gasteiger partial charge is 0.347 e. The molecule has 0 amide bonds. The minimum absolute atomic E-state index is 0.144. The largest absolute Gasteiger partial charge is 0.493 e. The molecular formula is C18H21N3O2. The van der Waals surface area contributed by atoms with Gasteiger partial charge in [-0.05, 0) is 30.5 Å². The molecule has 5 heteroatoms. The van der Waals surface area contributed by atoms with E-state index in [1.165, 1.54) is 5.56 Å². The van der Waals surface area contributed by atoms with Gasteiger partial charge in [-0.1, -0.05) is 18.2 Å². The fourth-order valence-corrected chi connectivity index (χ4v) is 3.72. The zero-order chi connectivity index (χ0) is 15.6. The van der Waals surface area contributed by atoms with Crippen molar-refractivity contribution in [1.82, 2.24) is 14.5 Å². The van der Waals surface area contributed by atoms with E-state index in [9.17, 15) is 4.79 Å². The molecule has 0 bridgehead atoms. The average molecular weight is 311 g/mol. The monoisotopic (exact) mass is 311 g/mol. The number of hydrogen-bond acceptors (Lipinski definition) is 4. The van der Waals surface area contributed by atoms with Gasteiger partial charge >= 0.3 is 5.69 Å². The lowest BCUT2D eigenvalue weighted by atomic mass is 9.96. The highest BCUT2D eigenvalue weighted by molar-refractivity contribution is 5.35. The topological polar surface area (TPSA) is 47.4 Å². The fraction of sp³-hybridized carbons (Fsp3) is 0.444. The highest BCUT2D eigenvalue weighted by Crippen LogP contribution is 2.28. The van der Waals surface area contributed by atoms with E-state index in [-0.39, 0.29) is 11.7 Å². The number of aromatic nitrogens is 2. The summed E-state index contributed by atoms with van der Waals surface area (Å²) < 4.78 is 7.66. The van der Waals surface area contributed by atoms with Gasteiger partial charge in [-0.2, -0.15) is 0 Å². The second-order valence-electron chi connectivity index (χ2n) is 6.50. The Balaban J connectivity index is 1.38. The molecule has 0 N–H and O–H groups in total. The molecule has 2 aromatic rings. The molecule has 120 valence electrons. The maximum atomic E-state index is 11.9. The van der Waals surface area contributed by atoms with Gasteiger partial charge in [0, 0.05) is 37.9 Å². The Labute approximate surface area is 135 Å². The molecule has 0 radical (unpaired) electrons. The highest BCUT2D eigenvalue weighted by atomic mass is 16.5. The van der Waals surface area contributed by atoms with E-state index < -0.39 is 0 Å². The summed E-state index contributed by atoms with van der Waals surface area (Å²) in [6.45, 7) is 3.76. The molecule has 0 aliphatic carbocycles. The van der Waals surface area contributed by atoms with Crippen molar-refractivity contribution in [3.63, 3.8) is 0 Å². The lowest BCUT2D eigenvalue weighted by molar-refractivity contribution is 0.173. The zero-order valence-electron chi connectivity index (χ0n) is 13.1. The number of fused-ring (bicyclic) bond motifs is 1. The molecule has 1 fully saturated rings. The molecule has 1 aromatic carbocycles. The van der Waals surface area contributed by atoms with Gasteiger partial charge in [-0.25, -0.2) is 9.78 Å². The van der Waals surface area contributed by atoms with Crippen LogP contribution >= 0.6 is 0 Å². The Bertz CT molecular complexity index is 743. The summed E-state index contributed by atoms with van der Waals surface area (Å²) in [7, 11) is 0. The molecule has 3 heterocycles. The third-order valence-corrected chi connectivity index (χ3v) is 4.85. The number of para-hydroxylation sites is 1. The summed E-state index contributed by atoms with van der Waals surface area (Å²) >= 11 is 0. The first-order valence-electron chi connectivity index (χ1n) is 8.26. The Hall–Kier alpha value is -2.14. The SMILES string of the molecule is O=c1ncccn1[C@@H]1CCN(CC2COc3ccccc3C2)C1. The first-order valence-corrected chi connectivity index (χ1v) is 8.26. The molecule has 2 aliphatic rings. The molecule has 1 saturated heterocycles. The van der Waals surface area contributed by atoms with Crippen molar-refractivity contribution in [2.45, 2.75) is 18.9 Å². The molecule has 2 aliphatic heterocycles. The summed E-state index contributed by atoms with van der Waals surface area (Å²) in [4.78, 5) is 18.2. The van der Waals surface area contributed by atoms with Gasteiger partial charge in [0.25, 0.3) is 0 Å². The van der Waals surface area contributed by atoms with Crippen LogP contribution in [-0.4, -0.2) is 40.7 Å². The van der Waals surface area contributed by atoms with Gasteiger partial charge < -0.3 is 9.64 Å². The standard InChI is InChI=1S/C18H21N3O2/c22-18-19-7-3-8-21(18)16-6-9-20(12-16)11-14-10-15-4-1-2-5-17(15)23-13-14/h1-5,7-8,14,16H,6,9-13H2/t14?,16-/m1/s1. The Morgan fingerprint density at radius 1 is 1.26 bits per heavy atom. The lowest BCUT2D eigenvalue weighted by Crippen LogP contribution is -2.35. The van der Waals surface area contributed by atoms with Crippen molar-refractivity contribution < 1.29 is 4.74 Å². The molecule has 1 unspecified atom stereocenters. The summed E-state index contributed by atoms with van der Waals surface area (Å²) in [5, 5.41) is 0. The minimum atomic E-state index is -0.144. The van der Waals surface area contributed by atoms with Gasteiger partial charge in [0.05, 0.1) is 12.6 Å². The summed E-state index contributed by atoms with van der Waals surface area (Å²) in [6.07, 6.45) is 5.49. The predicted octanol–water partition coefficient (Wildman–Crippen LogP) is 1.74. The van der Waals surface area contributed by atoms with Crippen molar-refractivity contribution in [2.24, 2.45) is 5.92 Å². The van der Waals surface area contributed by atoms with Gasteiger partial charge in [-0.3, -0.25) is 4.57 Å². The Morgan fingerprint density at radius 2 is 2.17 bits per heavy atom. The van der Waals surface area contributed by atoms with E-state index in [0.29, 0.717) is 5.92 Å². The fourth-order valence-electron chi connectivity index (χ4n) is 3.72. The van der Waals surface area contributed by atoms with Crippen molar-refractivity contribution in [3.05, 3.63) is 58.8 Å². The van der Waals surface area contributed by atoms with Crippen LogP contribution in [0.4, 0.5) is 0 Å². The van der Waals surface area contributed by atoms with Crippen LogP contribution in [0.2, 0.25) is 0 Å². The van der Waals surface area contributed by atoms with Gasteiger partial charge in [-0.15, -0.1) is 0 Å². The first kappa shape index (κ1) is 14.5. The molecule has 0 saturated carbocycles. The number of benzene rings is 1. The van der Waals surface area contributed by atoms with Crippen LogP contribution in [0.5, 0.6) is 5.75 Å². The van der Waals surface area contributed by atoms with E-state index in [1.807, 2.05) is 24.4 Å². The maximum Gasteiger partial charge on any atom is 0.347 e. The minimum Gasteiger partial charge on any atom is -0.493 e. The molecule has 2 atom stereocenters. The van der Waals surface area contributed by atoms with Gasteiger partial charge in [0.2, 0.25) is 0 Å². The van der Waals surface area contributed by atoms with Crippen LogP contribution in [-0.2, 0) is 6.42 Å². The van der Waals surface area contributed by atoms with Crippen molar-refractivity contribution in [1.29, 1.82) is 0 Å². The lowest BCUT2D eigenvalue weighted by Gasteiger charge is -2.28. The maximum absolute atomic E-state index is 11.9. The quantitative estimate of drug-likeness (QED) is 0.866. The van der Waals surface area contributed by atoms with E-state index in [0.717, 1.165) is 44.8 Å². The third kappa shape index (κ3) is 3.01. The number of rotatable bonds is 3. The van der Waals surface area contributed by atoms with Crippen molar-refractivity contribution in [2.75, 3.05) is 26.2 Å². The number of nitrogens with zero attached hydrogens (tertiary/aromatic N) is 3. The molecule has 5 nitrogen and oxygen atoms in total. The molecule has 23 heavy (non-hydrogen) atoms. The molecule has 4 rings (SSSR count). The normalized spacial score (nSPS) is 24.2. The van der Waals surface area contributed by atoms with Crippen LogP contribution in [0.15, 0.2) is 47.5 Å². The summed E-state index contributed by atoms with van der Waals surface area (Å²) in [5.41, 5.74) is 1.16. The van der Waals surface area contributed by atoms with Crippen LogP contribution in [0.1, 0.15) is 18.0 Å².